The van der Waals surface area contributed by atoms with Gasteiger partial charge in [0.25, 0.3) is 0 Å². The molecule has 1 fully saturated rings. The van der Waals surface area contributed by atoms with Crippen LogP contribution in [0.2, 0.25) is 0 Å². The predicted molar refractivity (Wildman–Crippen MR) is 80.0 cm³/mol. The molecule has 1 aliphatic rings. The van der Waals surface area contributed by atoms with Crippen molar-refractivity contribution in [3.63, 3.8) is 0 Å². The molecule has 1 saturated heterocycles. The summed E-state index contributed by atoms with van der Waals surface area (Å²) in [4.78, 5) is 14.1. The molecule has 0 aromatic heterocycles. The van der Waals surface area contributed by atoms with Crippen LogP contribution in [0.15, 0.2) is 24.3 Å². The molecule has 1 aromatic carbocycles. The van der Waals surface area contributed by atoms with Gasteiger partial charge in [-0.2, -0.15) is 0 Å². The minimum absolute atomic E-state index is 0.00594. The predicted octanol–water partition coefficient (Wildman–Crippen LogP) is 1.84. The van der Waals surface area contributed by atoms with Crippen molar-refractivity contribution < 1.29 is 9.53 Å². The van der Waals surface area contributed by atoms with E-state index in [1.54, 1.807) is 7.11 Å². The number of ether oxygens (including phenoxy) is 1. The van der Waals surface area contributed by atoms with Gasteiger partial charge in [-0.25, -0.2) is 0 Å². The Balaban J connectivity index is 1.87. The van der Waals surface area contributed by atoms with Crippen LogP contribution in [0.3, 0.4) is 0 Å². The Hall–Kier alpha value is -1.55. The van der Waals surface area contributed by atoms with Crippen LogP contribution in [0.4, 0.5) is 0 Å². The number of carbonyl (C=O) groups is 1. The Morgan fingerprint density at radius 3 is 2.90 bits per heavy atom. The van der Waals surface area contributed by atoms with Crippen LogP contribution in [-0.4, -0.2) is 44.1 Å². The van der Waals surface area contributed by atoms with Crippen LogP contribution >= 0.6 is 0 Å². The van der Waals surface area contributed by atoms with Crippen LogP contribution in [0.1, 0.15) is 24.8 Å². The van der Waals surface area contributed by atoms with Crippen molar-refractivity contribution in [1.82, 2.24) is 10.2 Å². The largest absolute Gasteiger partial charge is 0.496 e. The maximum absolute atomic E-state index is 12.3. The van der Waals surface area contributed by atoms with Gasteiger partial charge in [-0.15, -0.1) is 0 Å². The number of para-hydroxylation sites is 1. The first-order valence-electron chi connectivity index (χ1n) is 7.32. The lowest BCUT2D eigenvalue weighted by atomic mass is 10.0. The molecule has 0 aliphatic carbocycles. The summed E-state index contributed by atoms with van der Waals surface area (Å²) in [5.41, 5.74) is 1.14. The van der Waals surface area contributed by atoms with E-state index in [9.17, 15) is 4.79 Å². The monoisotopic (exact) mass is 276 g/mol. The van der Waals surface area contributed by atoms with Crippen LogP contribution < -0.4 is 10.1 Å². The van der Waals surface area contributed by atoms with Crippen molar-refractivity contribution in [2.45, 2.75) is 31.7 Å². The molecule has 0 bridgehead atoms. The molecule has 1 aromatic rings. The quantitative estimate of drug-likeness (QED) is 0.892. The van der Waals surface area contributed by atoms with E-state index < -0.39 is 0 Å². The molecule has 4 nitrogen and oxygen atoms in total. The number of piperidine rings is 1. The molecule has 20 heavy (non-hydrogen) atoms. The number of nitrogens with zero attached hydrogens (tertiary/aromatic N) is 1. The molecule has 1 aliphatic heterocycles. The summed E-state index contributed by atoms with van der Waals surface area (Å²) in [6.07, 6.45) is 4.09. The number of benzene rings is 1. The number of hydrogen-bond acceptors (Lipinski definition) is 3. The van der Waals surface area contributed by atoms with E-state index >= 15 is 0 Å². The summed E-state index contributed by atoms with van der Waals surface area (Å²) in [7, 11) is 3.56. The second-order valence-corrected chi connectivity index (χ2v) is 5.32. The van der Waals surface area contributed by atoms with E-state index in [4.69, 9.17) is 4.74 Å². The fourth-order valence-electron chi connectivity index (χ4n) is 2.64. The standard InChI is InChI=1S/C16H24N2O2/c1-18(16(19)14-8-5-6-11-17-14)12-10-13-7-3-4-9-15(13)20-2/h3-4,7,9,14,17H,5-6,8,10-12H2,1-2H3. The summed E-state index contributed by atoms with van der Waals surface area (Å²) in [5, 5.41) is 3.30. The first-order chi connectivity index (χ1) is 9.72. The van der Waals surface area contributed by atoms with E-state index in [1.165, 1.54) is 6.42 Å². The minimum atomic E-state index is 0.00594. The van der Waals surface area contributed by atoms with Crippen LogP contribution in [-0.2, 0) is 11.2 Å². The van der Waals surface area contributed by atoms with Crippen molar-refractivity contribution in [1.29, 1.82) is 0 Å². The molecule has 1 amide bonds. The van der Waals surface area contributed by atoms with Gasteiger partial charge in [-0.3, -0.25) is 4.79 Å². The van der Waals surface area contributed by atoms with Gasteiger partial charge in [-0.05, 0) is 37.4 Å². The SMILES string of the molecule is COc1ccccc1CCN(C)C(=O)C1CCCCN1. The maximum Gasteiger partial charge on any atom is 0.239 e. The highest BCUT2D eigenvalue weighted by atomic mass is 16.5. The van der Waals surface area contributed by atoms with Crippen molar-refractivity contribution in [3.05, 3.63) is 29.8 Å². The average Bonchev–Trinajstić information content (AvgIpc) is 2.53. The molecular weight excluding hydrogens is 252 g/mol. The molecule has 1 N–H and O–H groups in total. The Labute approximate surface area is 121 Å². The third-order valence-electron chi connectivity index (χ3n) is 3.89. The Morgan fingerprint density at radius 1 is 1.40 bits per heavy atom. The first-order valence-corrected chi connectivity index (χ1v) is 7.32. The van der Waals surface area contributed by atoms with Gasteiger partial charge >= 0.3 is 0 Å². The molecule has 0 radical (unpaired) electrons. The van der Waals surface area contributed by atoms with Gasteiger partial charge in [0, 0.05) is 13.6 Å². The molecule has 0 spiro atoms. The van der Waals surface area contributed by atoms with Crippen LogP contribution in [0.25, 0.3) is 0 Å². The molecule has 1 atom stereocenters. The second kappa shape index (κ2) is 7.29. The summed E-state index contributed by atoms with van der Waals surface area (Å²) < 4.78 is 5.34. The van der Waals surface area contributed by atoms with Gasteiger partial charge in [0.05, 0.1) is 13.2 Å². The van der Waals surface area contributed by atoms with Crippen LogP contribution in [0, 0.1) is 0 Å². The summed E-state index contributed by atoms with van der Waals surface area (Å²) in [5.74, 6) is 1.10. The number of rotatable bonds is 5. The van der Waals surface area contributed by atoms with E-state index in [0.717, 1.165) is 43.7 Å². The lowest BCUT2D eigenvalue weighted by molar-refractivity contribution is -0.132. The highest BCUT2D eigenvalue weighted by Gasteiger charge is 2.23. The Bertz CT molecular complexity index is 442. The number of amides is 1. The van der Waals surface area contributed by atoms with Gasteiger partial charge in [0.1, 0.15) is 5.75 Å². The normalized spacial score (nSPS) is 18.6. The summed E-state index contributed by atoms with van der Waals surface area (Å²) in [6.45, 7) is 1.67. The lowest BCUT2D eigenvalue weighted by Gasteiger charge is -2.27. The zero-order valence-corrected chi connectivity index (χ0v) is 12.4. The fourth-order valence-corrected chi connectivity index (χ4v) is 2.64. The van der Waals surface area contributed by atoms with E-state index in [0.29, 0.717) is 0 Å². The number of nitrogens with one attached hydrogen (secondary N) is 1. The number of hydrogen-bond donors (Lipinski definition) is 1. The molecule has 1 unspecified atom stereocenters. The van der Waals surface area contributed by atoms with Gasteiger partial charge in [-0.1, -0.05) is 24.6 Å². The lowest BCUT2D eigenvalue weighted by Crippen LogP contribution is -2.47. The van der Waals surface area contributed by atoms with E-state index in [1.807, 2.05) is 30.1 Å². The molecular formula is C16H24N2O2. The molecule has 1 heterocycles. The van der Waals surface area contributed by atoms with E-state index in [2.05, 4.69) is 11.4 Å². The molecule has 0 saturated carbocycles. The average molecular weight is 276 g/mol. The molecule has 110 valence electrons. The van der Waals surface area contributed by atoms with Gasteiger partial charge in [0.15, 0.2) is 0 Å². The maximum atomic E-state index is 12.3. The third-order valence-corrected chi connectivity index (χ3v) is 3.89. The topological polar surface area (TPSA) is 41.6 Å². The third kappa shape index (κ3) is 3.73. The number of carbonyl (C=O) groups excluding carboxylic acids is 1. The summed E-state index contributed by atoms with van der Waals surface area (Å²) in [6, 6.07) is 7.98. The Kier molecular flexibility index (Phi) is 5.41. The van der Waals surface area contributed by atoms with Gasteiger partial charge < -0.3 is 15.0 Å². The number of likely N-dealkylation sites (N-methyl/N-ethyl adjacent to an activating group) is 1. The van der Waals surface area contributed by atoms with Crippen LogP contribution in [0.5, 0.6) is 5.75 Å². The minimum Gasteiger partial charge on any atom is -0.496 e. The highest BCUT2D eigenvalue weighted by Crippen LogP contribution is 2.18. The van der Waals surface area contributed by atoms with Crippen molar-refractivity contribution in [2.75, 3.05) is 27.2 Å². The zero-order chi connectivity index (χ0) is 14.4. The molecule has 4 heteroatoms. The van der Waals surface area contributed by atoms with E-state index in [-0.39, 0.29) is 11.9 Å². The second-order valence-electron chi connectivity index (χ2n) is 5.32. The van der Waals surface area contributed by atoms with Crippen molar-refractivity contribution in [3.8, 4) is 5.75 Å². The Morgan fingerprint density at radius 2 is 2.20 bits per heavy atom. The summed E-state index contributed by atoms with van der Waals surface area (Å²) >= 11 is 0. The van der Waals surface area contributed by atoms with Gasteiger partial charge in [0.2, 0.25) is 5.91 Å². The fraction of sp³-hybridized carbons (Fsp3) is 0.562. The molecule has 2 rings (SSSR count). The van der Waals surface area contributed by atoms with Crippen molar-refractivity contribution in [2.24, 2.45) is 0 Å². The first kappa shape index (κ1) is 14.9. The highest BCUT2D eigenvalue weighted by molar-refractivity contribution is 5.81. The zero-order valence-electron chi connectivity index (χ0n) is 12.4. The number of methoxy groups -OCH3 is 1. The van der Waals surface area contributed by atoms with Crippen molar-refractivity contribution >= 4 is 5.91 Å². The smallest absolute Gasteiger partial charge is 0.239 e.